The fourth-order valence-electron chi connectivity index (χ4n) is 5.38. The molecule has 0 saturated heterocycles. The quantitative estimate of drug-likeness (QED) is 0.262. The number of sulfonamides is 1. The van der Waals surface area contributed by atoms with Crippen LogP contribution in [0.5, 0.6) is 0 Å². The van der Waals surface area contributed by atoms with Crippen LogP contribution in [0, 0.1) is 5.92 Å². The van der Waals surface area contributed by atoms with Crippen LogP contribution in [0.15, 0.2) is 71.6 Å². The number of carbonyl (C=O) groups is 1. The van der Waals surface area contributed by atoms with Crippen LogP contribution in [0.25, 0.3) is 33.5 Å². The maximum absolute atomic E-state index is 13.7. The summed E-state index contributed by atoms with van der Waals surface area (Å²) in [4.78, 5) is 17.0. The highest BCUT2D eigenvalue weighted by atomic mass is 35.5. The van der Waals surface area contributed by atoms with E-state index in [2.05, 4.69) is 33.4 Å². The Bertz CT molecular complexity index is 1820. The van der Waals surface area contributed by atoms with Crippen molar-refractivity contribution in [3.05, 3.63) is 77.3 Å². The van der Waals surface area contributed by atoms with Crippen molar-refractivity contribution in [1.82, 2.24) is 14.1 Å². The summed E-state index contributed by atoms with van der Waals surface area (Å²) in [5.74, 6) is 1.46. The van der Waals surface area contributed by atoms with Gasteiger partial charge in [-0.1, -0.05) is 29.8 Å². The minimum Gasteiger partial charge on any atom is -0.338 e. The smallest absolute Gasteiger partial charge is 0.264 e. The number of halogens is 1. The molecule has 1 aliphatic heterocycles. The van der Waals surface area contributed by atoms with Crippen LogP contribution in [-0.2, 0) is 23.1 Å². The van der Waals surface area contributed by atoms with Crippen LogP contribution in [0.2, 0.25) is 5.02 Å². The van der Waals surface area contributed by atoms with Gasteiger partial charge in [-0.3, -0.25) is 9.10 Å². The van der Waals surface area contributed by atoms with Crippen molar-refractivity contribution < 1.29 is 13.2 Å². The molecule has 3 aromatic carbocycles. The zero-order chi connectivity index (χ0) is 25.3. The highest BCUT2D eigenvalue weighted by Crippen LogP contribution is 2.41. The molecule has 9 heteroatoms. The van der Waals surface area contributed by atoms with E-state index in [0.717, 1.165) is 29.7 Å². The van der Waals surface area contributed by atoms with Crippen LogP contribution in [0.1, 0.15) is 23.2 Å². The summed E-state index contributed by atoms with van der Waals surface area (Å²) in [6, 6.07) is 20.0. The standard InChI is InChI=1S/C28H23ClN4O3S/c29-21-7-9-22(10-8-21)37(35,36)33-12-11-31-27-23(13-19(17-34)14-25(27)33)30-28(31)26-15-20-3-1-2-4-24(20)32(26)16-18-5-6-18/h1-4,7-10,13-15,17-18H,5-6,11-12,16H2. The van der Waals surface area contributed by atoms with Crippen LogP contribution in [0.3, 0.4) is 0 Å². The van der Waals surface area contributed by atoms with Gasteiger partial charge in [-0.2, -0.15) is 0 Å². The first-order valence-corrected chi connectivity index (χ1v) is 14.1. The normalized spacial score (nSPS) is 15.5. The van der Waals surface area contributed by atoms with E-state index in [-0.39, 0.29) is 11.4 Å². The van der Waals surface area contributed by atoms with E-state index in [0.29, 0.717) is 39.8 Å². The summed E-state index contributed by atoms with van der Waals surface area (Å²) in [6.45, 7) is 1.59. The molecule has 1 aliphatic carbocycles. The monoisotopic (exact) mass is 530 g/mol. The highest BCUT2D eigenvalue weighted by molar-refractivity contribution is 7.92. The number of aromatic nitrogens is 3. The molecular formula is C28H23ClN4O3S. The number of anilines is 1. The Hall–Kier alpha value is -3.62. The summed E-state index contributed by atoms with van der Waals surface area (Å²) < 4.78 is 33.2. The minimum atomic E-state index is -3.87. The molecule has 7 rings (SSSR count). The van der Waals surface area contributed by atoms with Crippen LogP contribution >= 0.6 is 11.6 Å². The number of aldehydes is 1. The summed E-state index contributed by atoms with van der Waals surface area (Å²) >= 11 is 6.00. The van der Waals surface area contributed by atoms with Gasteiger partial charge in [0.15, 0.2) is 5.82 Å². The molecule has 0 radical (unpaired) electrons. The molecule has 0 amide bonds. The fourth-order valence-corrected chi connectivity index (χ4v) is 6.97. The van der Waals surface area contributed by atoms with E-state index in [1.807, 2.05) is 6.07 Å². The number of hydrogen-bond acceptors (Lipinski definition) is 4. The maximum atomic E-state index is 13.7. The lowest BCUT2D eigenvalue weighted by molar-refractivity contribution is 0.112. The van der Waals surface area contributed by atoms with E-state index in [1.54, 1.807) is 24.3 Å². The lowest BCUT2D eigenvalue weighted by Crippen LogP contribution is -2.37. The predicted molar refractivity (Wildman–Crippen MR) is 145 cm³/mol. The summed E-state index contributed by atoms with van der Waals surface area (Å²) in [5.41, 5.74) is 4.35. The summed E-state index contributed by atoms with van der Waals surface area (Å²) in [5, 5.41) is 1.61. The van der Waals surface area contributed by atoms with Crippen molar-refractivity contribution >= 4 is 55.5 Å². The molecule has 3 heterocycles. The molecule has 37 heavy (non-hydrogen) atoms. The molecule has 1 fully saturated rings. The van der Waals surface area contributed by atoms with E-state index < -0.39 is 10.0 Å². The predicted octanol–water partition coefficient (Wildman–Crippen LogP) is 5.74. The zero-order valence-electron chi connectivity index (χ0n) is 19.8. The first kappa shape index (κ1) is 22.6. The number of para-hydroxylation sites is 1. The third-order valence-electron chi connectivity index (χ3n) is 7.35. The second kappa shape index (κ2) is 8.19. The lowest BCUT2D eigenvalue weighted by Gasteiger charge is -2.30. The third-order valence-corrected chi connectivity index (χ3v) is 9.43. The van der Waals surface area contributed by atoms with Crippen molar-refractivity contribution in [2.75, 3.05) is 10.8 Å². The molecule has 2 aliphatic rings. The minimum absolute atomic E-state index is 0.152. The number of benzene rings is 3. The fraction of sp³-hybridized carbons (Fsp3) is 0.214. The zero-order valence-corrected chi connectivity index (χ0v) is 21.4. The number of fused-ring (bicyclic) bond motifs is 1. The Kier molecular flexibility index (Phi) is 5.00. The highest BCUT2D eigenvalue weighted by Gasteiger charge is 2.33. The Morgan fingerprint density at radius 2 is 1.78 bits per heavy atom. The molecule has 0 atom stereocenters. The third kappa shape index (κ3) is 3.58. The van der Waals surface area contributed by atoms with Gasteiger partial charge in [-0.25, -0.2) is 13.4 Å². The van der Waals surface area contributed by atoms with Crippen LogP contribution < -0.4 is 4.31 Å². The molecular weight excluding hydrogens is 508 g/mol. The van der Waals surface area contributed by atoms with E-state index in [9.17, 15) is 13.2 Å². The molecule has 1 saturated carbocycles. The van der Waals surface area contributed by atoms with Crippen molar-refractivity contribution in [2.45, 2.75) is 30.8 Å². The van der Waals surface area contributed by atoms with Gasteiger partial charge in [0.1, 0.15) is 6.29 Å². The second-order valence-corrected chi connectivity index (χ2v) is 12.1. The molecule has 0 unspecified atom stereocenters. The Balaban J connectivity index is 1.45. The first-order valence-electron chi connectivity index (χ1n) is 12.3. The van der Waals surface area contributed by atoms with Crippen molar-refractivity contribution in [2.24, 2.45) is 5.92 Å². The number of rotatable bonds is 6. The van der Waals surface area contributed by atoms with Gasteiger partial charge in [0, 0.05) is 34.6 Å². The molecule has 186 valence electrons. The van der Waals surface area contributed by atoms with Gasteiger partial charge in [0.05, 0.1) is 33.9 Å². The van der Waals surface area contributed by atoms with Crippen LogP contribution in [-0.4, -0.2) is 35.4 Å². The van der Waals surface area contributed by atoms with Gasteiger partial charge in [-0.15, -0.1) is 0 Å². The number of carbonyl (C=O) groups excluding carboxylic acids is 1. The average molecular weight is 531 g/mol. The van der Waals surface area contributed by atoms with Gasteiger partial charge >= 0.3 is 0 Å². The molecule has 7 nitrogen and oxygen atoms in total. The first-order chi connectivity index (χ1) is 17.9. The lowest BCUT2D eigenvalue weighted by atomic mass is 10.1. The Labute approximate surface area is 218 Å². The molecule has 0 spiro atoms. The Morgan fingerprint density at radius 3 is 2.54 bits per heavy atom. The topological polar surface area (TPSA) is 77.2 Å². The van der Waals surface area contributed by atoms with Gasteiger partial charge < -0.3 is 9.13 Å². The Morgan fingerprint density at radius 1 is 1.00 bits per heavy atom. The molecule has 5 aromatic rings. The maximum Gasteiger partial charge on any atom is 0.264 e. The number of imidazole rings is 1. The summed E-state index contributed by atoms with van der Waals surface area (Å²) in [7, 11) is -3.87. The SMILES string of the molecule is O=Cc1cc2c3c(c1)nc(-c1cc4ccccc4n1CC1CC1)n3CCN2S(=O)(=O)c1ccc(Cl)cc1. The molecule has 0 bridgehead atoms. The second-order valence-electron chi connectivity index (χ2n) is 9.79. The van der Waals surface area contributed by atoms with E-state index in [4.69, 9.17) is 16.6 Å². The largest absolute Gasteiger partial charge is 0.338 e. The van der Waals surface area contributed by atoms with Crippen molar-refractivity contribution in [3.63, 3.8) is 0 Å². The van der Waals surface area contributed by atoms with Crippen molar-refractivity contribution in [3.8, 4) is 11.5 Å². The summed E-state index contributed by atoms with van der Waals surface area (Å²) in [6.07, 6.45) is 3.19. The van der Waals surface area contributed by atoms with Gasteiger partial charge in [0.25, 0.3) is 10.0 Å². The molecule has 2 aromatic heterocycles. The average Bonchev–Trinajstić information content (AvgIpc) is 3.55. The molecule has 0 N–H and O–H groups in total. The van der Waals surface area contributed by atoms with E-state index in [1.165, 1.54) is 34.8 Å². The van der Waals surface area contributed by atoms with Gasteiger partial charge in [-0.05, 0) is 67.3 Å². The number of nitrogens with zero attached hydrogens (tertiary/aromatic N) is 4. The van der Waals surface area contributed by atoms with Gasteiger partial charge in [0.2, 0.25) is 0 Å². The van der Waals surface area contributed by atoms with Crippen molar-refractivity contribution in [1.29, 1.82) is 0 Å². The van der Waals surface area contributed by atoms with E-state index >= 15 is 0 Å². The number of hydrogen-bond donors (Lipinski definition) is 0. The van der Waals surface area contributed by atoms with Crippen LogP contribution in [0.4, 0.5) is 5.69 Å².